The second-order valence-corrected chi connectivity index (χ2v) is 4.17. The van der Waals surface area contributed by atoms with Gasteiger partial charge in [-0.25, -0.2) is 9.78 Å². The molecule has 0 bridgehead atoms. The van der Waals surface area contributed by atoms with Crippen molar-refractivity contribution in [3.8, 4) is 0 Å². The number of pyridine rings is 1. The monoisotopic (exact) mass is 265 g/mol. The van der Waals surface area contributed by atoms with Gasteiger partial charge in [0.2, 0.25) is 0 Å². The molecule has 2 aromatic heterocycles. The molecule has 0 aliphatic heterocycles. The van der Waals surface area contributed by atoms with E-state index in [0.29, 0.717) is 16.9 Å². The van der Waals surface area contributed by atoms with Crippen molar-refractivity contribution >= 4 is 35.5 Å². The van der Waals surface area contributed by atoms with Gasteiger partial charge >= 0.3 is 13.2 Å². The number of H-pyrrole nitrogens is 1. The zero-order chi connectivity index (χ0) is 13.9. The Hall–Kier alpha value is -2.67. The molecule has 0 saturated carbocycles. The third-order valence-electron chi connectivity index (χ3n) is 2.82. The van der Waals surface area contributed by atoms with Crippen LogP contribution in [0.4, 0.5) is 11.5 Å². The summed E-state index contributed by atoms with van der Waals surface area (Å²) in [6.45, 7) is 0. The van der Waals surface area contributed by atoms with Crippen LogP contribution in [-0.2, 0) is 0 Å². The fraction of sp³-hybridized carbons (Fsp3) is 0. The van der Waals surface area contributed by atoms with E-state index in [-0.39, 0.29) is 0 Å². The van der Waals surface area contributed by atoms with E-state index in [2.05, 4.69) is 20.3 Å². The lowest BCUT2D eigenvalue weighted by atomic mass is 9.89. The first-order valence-corrected chi connectivity index (χ1v) is 5.96. The summed E-state index contributed by atoms with van der Waals surface area (Å²) in [6, 6.07) is 10.7. The van der Waals surface area contributed by atoms with E-state index in [1.54, 1.807) is 36.5 Å². The third-order valence-corrected chi connectivity index (χ3v) is 2.82. The highest BCUT2D eigenvalue weighted by Crippen LogP contribution is 2.19. The number of aromatic amines is 1. The molecule has 0 atom stereocenters. The molecule has 0 amide bonds. The Morgan fingerprint density at radius 2 is 2.00 bits per heavy atom. The molecule has 0 fully saturated rings. The Bertz CT molecular complexity index is 801. The van der Waals surface area contributed by atoms with Gasteiger partial charge in [0.25, 0.3) is 0 Å². The summed E-state index contributed by atoms with van der Waals surface area (Å²) in [5, 5.41) is 12.7. The maximum Gasteiger partial charge on any atom is 0.348 e. The van der Waals surface area contributed by atoms with Crippen LogP contribution in [0.3, 0.4) is 0 Å². The van der Waals surface area contributed by atoms with Crippen LogP contribution in [0.2, 0.25) is 0 Å². The van der Waals surface area contributed by atoms with E-state index in [1.165, 1.54) is 0 Å². The van der Waals surface area contributed by atoms with Gasteiger partial charge in [0, 0.05) is 11.9 Å². The van der Waals surface area contributed by atoms with Crippen molar-refractivity contribution in [2.75, 3.05) is 5.32 Å². The van der Waals surface area contributed by atoms with Crippen LogP contribution in [0, 0.1) is 0 Å². The smallest absolute Gasteiger partial charge is 0.348 e. The molecule has 97 valence electrons. The van der Waals surface area contributed by atoms with E-state index in [9.17, 15) is 4.79 Å². The van der Waals surface area contributed by atoms with Gasteiger partial charge in [-0.2, -0.15) is 4.98 Å². The fourth-order valence-corrected chi connectivity index (χ4v) is 1.88. The quantitative estimate of drug-likeness (QED) is 0.592. The lowest BCUT2D eigenvalue weighted by Gasteiger charge is -2.08. The van der Waals surface area contributed by atoms with Crippen molar-refractivity contribution in [2.45, 2.75) is 0 Å². The number of fused-ring (bicyclic) bond motifs is 1. The molecule has 1 aromatic carbocycles. The number of nitrogens with one attached hydrogen (secondary N) is 2. The SMILES string of the molecule is O=c1nc2ncccc2c(Nc2ccc([B]O)cc2)[nH]1. The molecule has 6 nitrogen and oxygen atoms in total. The second-order valence-electron chi connectivity index (χ2n) is 4.17. The second kappa shape index (κ2) is 5.14. The fourth-order valence-electron chi connectivity index (χ4n) is 1.88. The number of rotatable bonds is 3. The van der Waals surface area contributed by atoms with E-state index < -0.39 is 5.69 Å². The van der Waals surface area contributed by atoms with Crippen molar-refractivity contribution < 1.29 is 5.02 Å². The first-order valence-electron chi connectivity index (χ1n) is 5.96. The van der Waals surface area contributed by atoms with Crippen molar-refractivity contribution in [2.24, 2.45) is 0 Å². The van der Waals surface area contributed by atoms with Crippen LogP contribution in [0.5, 0.6) is 0 Å². The predicted octanol–water partition coefficient (Wildman–Crippen LogP) is 0.298. The first-order chi connectivity index (χ1) is 9.76. The molecule has 3 N–H and O–H groups in total. The van der Waals surface area contributed by atoms with Crippen LogP contribution in [0.25, 0.3) is 11.0 Å². The Kier molecular flexibility index (Phi) is 3.18. The van der Waals surface area contributed by atoms with Gasteiger partial charge in [-0.15, -0.1) is 0 Å². The molecular weight excluding hydrogens is 255 g/mol. The highest BCUT2D eigenvalue weighted by molar-refractivity contribution is 6.45. The molecule has 1 radical (unpaired) electrons. The molecule has 0 saturated heterocycles. The largest absolute Gasteiger partial charge is 0.450 e. The third kappa shape index (κ3) is 2.39. The molecule has 0 aliphatic rings. The molecule has 0 unspecified atom stereocenters. The maximum absolute atomic E-state index is 11.5. The Morgan fingerprint density at radius 1 is 1.20 bits per heavy atom. The van der Waals surface area contributed by atoms with E-state index in [1.807, 2.05) is 6.07 Å². The number of hydrogen-bond acceptors (Lipinski definition) is 5. The Balaban J connectivity index is 2.03. The lowest BCUT2D eigenvalue weighted by molar-refractivity contribution is 0.615. The van der Waals surface area contributed by atoms with Crippen molar-refractivity contribution in [3.05, 3.63) is 53.1 Å². The summed E-state index contributed by atoms with van der Waals surface area (Å²) in [6.07, 6.45) is 1.59. The number of benzene rings is 1. The summed E-state index contributed by atoms with van der Waals surface area (Å²) in [5.41, 5.74) is 1.41. The number of nitrogens with zero attached hydrogens (tertiary/aromatic N) is 2. The average Bonchev–Trinajstić information content (AvgIpc) is 2.48. The van der Waals surface area contributed by atoms with Gasteiger partial charge in [-0.1, -0.05) is 17.6 Å². The van der Waals surface area contributed by atoms with Crippen LogP contribution in [0.15, 0.2) is 47.4 Å². The number of hydrogen-bond donors (Lipinski definition) is 3. The standard InChI is InChI=1S/C13H10BN4O2/c19-13-17-11-10(2-1-7-15-11)12(18-13)16-9-5-3-8(14-20)4-6-9/h1-7,20H,(H2,15,16,17,18,19). The summed E-state index contributed by atoms with van der Waals surface area (Å²) >= 11 is 0. The molecule has 20 heavy (non-hydrogen) atoms. The highest BCUT2D eigenvalue weighted by Gasteiger charge is 2.05. The average molecular weight is 265 g/mol. The van der Waals surface area contributed by atoms with Gasteiger partial charge in [-0.05, 0) is 24.3 Å². The minimum absolute atomic E-state index is 0.388. The summed E-state index contributed by atoms with van der Waals surface area (Å²) in [5.74, 6) is 0.536. The molecule has 2 heterocycles. The summed E-state index contributed by atoms with van der Waals surface area (Å²) < 4.78 is 0. The Morgan fingerprint density at radius 3 is 2.75 bits per heavy atom. The zero-order valence-electron chi connectivity index (χ0n) is 10.4. The number of aromatic nitrogens is 3. The molecule has 7 heteroatoms. The van der Waals surface area contributed by atoms with Crippen LogP contribution in [0.1, 0.15) is 0 Å². The lowest BCUT2D eigenvalue weighted by Crippen LogP contribution is -2.14. The van der Waals surface area contributed by atoms with E-state index >= 15 is 0 Å². The van der Waals surface area contributed by atoms with Crippen LogP contribution in [-0.4, -0.2) is 27.5 Å². The summed E-state index contributed by atoms with van der Waals surface area (Å²) in [7, 11) is 1.03. The van der Waals surface area contributed by atoms with Gasteiger partial charge < -0.3 is 10.3 Å². The van der Waals surface area contributed by atoms with Crippen LogP contribution >= 0.6 is 0 Å². The van der Waals surface area contributed by atoms with E-state index in [4.69, 9.17) is 5.02 Å². The van der Waals surface area contributed by atoms with Gasteiger partial charge in [0.1, 0.15) is 5.82 Å². The van der Waals surface area contributed by atoms with E-state index in [0.717, 1.165) is 18.6 Å². The normalized spacial score (nSPS) is 10.4. The van der Waals surface area contributed by atoms with Gasteiger partial charge in [-0.3, -0.25) is 4.98 Å². The molecule has 0 aliphatic carbocycles. The molecule has 0 spiro atoms. The van der Waals surface area contributed by atoms with Gasteiger partial charge in [0.05, 0.1) is 5.39 Å². The van der Waals surface area contributed by atoms with Crippen LogP contribution < -0.4 is 16.5 Å². The highest BCUT2D eigenvalue weighted by atomic mass is 16.2. The maximum atomic E-state index is 11.5. The minimum Gasteiger partial charge on any atom is -0.450 e. The van der Waals surface area contributed by atoms with Crippen molar-refractivity contribution in [1.29, 1.82) is 0 Å². The zero-order valence-corrected chi connectivity index (χ0v) is 10.4. The molecule has 3 aromatic rings. The topological polar surface area (TPSA) is 90.9 Å². The van der Waals surface area contributed by atoms with Gasteiger partial charge in [0.15, 0.2) is 5.65 Å². The molecule has 3 rings (SSSR count). The van der Waals surface area contributed by atoms with Crippen molar-refractivity contribution in [3.63, 3.8) is 0 Å². The minimum atomic E-state index is -0.459. The number of anilines is 2. The predicted molar refractivity (Wildman–Crippen MR) is 77.5 cm³/mol. The molecular formula is C13H10BN4O2. The first kappa shape index (κ1) is 12.4. The van der Waals surface area contributed by atoms with Crippen molar-refractivity contribution in [1.82, 2.24) is 15.0 Å². The Labute approximate surface area is 114 Å². The summed E-state index contributed by atoms with van der Waals surface area (Å²) in [4.78, 5) is 22.0.